The van der Waals surface area contributed by atoms with E-state index in [0.29, 0.717) is 0 Å². The van der Waals surface area contributed by atoms with E-state index in [0.717, 1.165) is 10.9 Å². The lowest BCUT2D eigenvalue weighted by Crippen LogP contribution is -2.22. The summed E-state index contributed by atoms with van der Waals surface area (Å²) >= 11 is 0. The van der Waals surface area contributed by atoms with Crippen molar-refractivity contribution in [1.82, 2.24) is 19.5 Å². The summed E-state index contributed by atoms with van der Waals surface area (Å²) in [6.07, 6.45) is -2.21. The SMILES string of the molecule is COC(COP(=O)(O)OC(C)C)CC(F)n1cnc2c(=O)[nH]c(N)nc21. The Labute approximate surface area is 147 Å². The molecule has 0 aliphatic carbocycles. The fourth-order valence-electron chi connectivity index (χ4n) is 2.19. The number of aromatic nitrogens is 4. The van der Waals surface area contributed by atoms with Crippen molar-refractivity contribution in [3.8, 4) is 0 Å². The first-order valence-corrected chi connectivity index (χ1v) is 9.17. The lowest BCUT2D eigenvalue weighted by molar-refractivity contribution is 0.00775. The van der Waals surface area contributed by atoms with Crippen molar-refractivity contribution in [2.75, 3.05) is 19.5 Å². The number of anilines is 1. The number of halogens is 1. The van der Waals surface area contributed by atoms with Gasteiger partial charge in [0, 0.05) is 13.5 Å². The summed E-state index contributed by atoms with van der Waals surface area (Å²) in [4.78, 5) is 31.2. The van der Waals surface area contributed by atoms with E-state index in [9.17, 15) is 18.6 Å². The lowest BCUT2D eigenvalue weighted by Gasteiger charge is -2.21. The van der Waals surface area contributed by atoms with Gasteiger partial charge in [0.15, 0.2) is 17.5 Å². The minimum absolute atomic E-state index is 0.0227. The number of nitrogens with zero attached hydrogens (tertiary/aromatic N) is 3. The zero-order valence-corrected chi connectivity index (χ0v) is 15.4. The second kappa shape index (κ2) is 8.23. The van der Waals surface area contributed by atoms with Crippen LogP contribution in [-0.2, 0) is 18.3 Å². The molecular formula is C13H21FN5O6P. The molecule has 2 aromatic rings. The predicted octanol–water partition coefficient (Wildman–Crippen LogP) is 1.12. The van der Waals surface area contributed by atoms with Crippen molar-refractivity contribution in [1.29, 1.82) is 0 Å². The fraction of sp³-hybridized carbons (Fsp3) is 0.615. The Bertz CT molecular complexity index is 855. The zero-order valence-electron chi connectivity index (χ0n) is 14.5. The predicted molar refractivity (Wildman–Crippen MR) is 90.1 cm³/mol. The Kier molecular flexibility index (Phi) is 6.48. The number of imidazole rings is 1. The highest BCUT2D eigenvalue weighted by atomic mass is 31.2. The summed E-state index contributed by atoms with van der Waals surface area (Å²) in [5.41, 5.74) is 4.80. The second-order valence-corrected chi connectivity index (χ2v) is 7.13. The molecule has 0 saturated carbocycles. The summed E-state index contributed by atoms with van der Waals surface area (Å²) < 4.78 is 42.0. The maximum absolute atomic E-state index is 14.7. The molecule has 0 bridgehead atoms. The van der Waals surface area contributed by atoms with Crippen LogP contribution in [0.1, 0.15) is 26.6 Å². The minimum Gasteiger partial charge on any atom is -0.379 e. The molecule has 26 heavy (non-hydrogen) atoms. The topological polar surface area (TPSA) is 155 Å². The molecule has 0 aliphatic rings. The first-order chi connectivity index (χ1) is 12.1. The highest BCUT2D eigenvalue weighted by molar-refractivity contribution is 7.47. The molecule has 2 aromatic heterocycles. The number of rotatable bonds is 9. The van der Waals surface area contributed by atoms with E-state index in [1.165, 1.54) is 7.11 Å². The number of ether oxygens (including phenoxy) is 1. The molecule has 0 saturated heterocycles. The Balaban J connectivity index is 2.09. The first kappa shape index (κ1) is 20.5. The molecule has 4 N–H and O–H groups in total. The van der Waals surface area contributed by atoms with Gasteiger partial charge in [-0.1, -0.05) is 0 Å². The fourth-order valence-corrected chi connectivity index (χ4v) is 3.13. The summed E-state index contributed by atoms with van der Waals surface area (Å²) in [6.45, 7) is 2.77. The normalized spacial score (nSPS) is 16.7. The summed E-state index contributed by atoms with van der Waals surface area (Å²) in [5, 5.41) is 0. The summed E-state index contributed by atoms with van der Waals surface area (Å²) in [6, 6.07) is 0. The van der Waals surface area contributed by atoms with Gasteiger partial charge >= 0.3 is 7.82 Å². The summed E-state index contributed by atoms with van der Waals surface area (Å²) in [5.74, 6) is -0.171. The number of H-pyrrole nitrogens is 1. The smallest absolute Gasteiger partial charge is 0.379 e. The number of hydrogen-bond donors (Lipinski definition) is 3. The molecule has 2 rings (SSSR count). The quantitative estimate of drug-likeness (QED) is 0.531. The maximum atomic E-state index is 14.7. The van der Waals surface area contributed by atoms with E-state index in [1.54, 1.807) is 13.8 Å². The van der Waals surface area contributed by atoms with Crippen LogP contribution in [0.3, 0.4) is 0 Å². The van der Waals surface area contributed by atoms with E-state index >= 15 is 0 Å². The van der Waals surface area contributed by atoms with Crippen LogP contribution in [0.4, 0.5) is 10.3 Å². The van der Waals surface area contributed by atoms with Gasteiger partial charge < -0.3 is 15.4 Å². The van der Waals surface area contributed by atoms with Crippen molar-refractivity contribution < 1.29 is 27.6 Å². The molecule has 13 heteroatoms. The van der Waals surface area contributed by atoms with Crippen molar-refractivity contribution in [2.45, 2.75) is 38.8 Å². The van der Waals surface area contributed by atoms with Gasteiger partial charge in [0.05, 0.1) is 25.1 Å². The third-order valence-electron chi connectivity index (χ3n) is 3.31. The highest BCUT2D eigenvalue weighted by Crippen LogP contribution is 2.44. The van der Waals surface area contributed by atoms with Crippen molar-refractivity contribution in [3.05, 3.63) is 16.7 Å². The molecule has 0 amide bonds. The average Bonchev–Trinajstić information content (AvgIpc) is 2.94. The van der Waals surface area contributed by atoms with Gasteiger partial charge in [0.1, 0.15) is 0 Å². The number of aromatic amines is 1. The van der Waals surface area contributed by atoms with Crippen molar-refractivity contribution in [2.24, 2.45) is 0 Å². The molecule has 2 heterocycles. The number of methoxy groups -OCH3 is 1. The lowest BCUT2D eigenvalue weighted by atomic mass is 10.2. The molecule has 146 valence electrons. The van der Waals surface area contributed by atoms with Gasteiger partial charge in [-0.3, -0.25) is 23.4 Å². The number of nitrogen functional groups attached to an aromatic ring is 1. The first-order valence-electron chi connectivity index (χ1n) is 7.68. The third-order valence-corrected chi connectivity index (χ3v) is 4.47. The van der Waals surface area contributed by atoms with E-state index in [4.69, 9.17) is 19.5 Å². The maximum Gasteiger partial charge on any atom is 0.472 e. The Morgan fingerprint density at radius 1 is 1.50 bits per heavy atom. The van der Waals surface area contributed by atoms with Crippen LogP contribution < -0.4 is 11.3 Å². The number of hydrogen-bond acceptors (Lipinski definition) is 8. The number of phosphoric acid groups is 1. The molecular weight excluding hydrogens is 372 g/mol. The molecule has 0 aliphatic heterocycles. The molecule has 3 atom stereocenters. The van der Waals surface area contributed by atoms with Crippen LogP contribution in [0.15, 0.2) is 11.1 Å². The number of phosphoric ester groups is 1. The van der Waals surface area contributed by atoms with E-state index < -0.39 is 31.9 Å². The minimum atomic E-state index is -4.27. The van der Waals surface area contributed by atoms with E-state index in [1.807, 2.05) is 0 Å². The van der Waals surface area contributed by atoms with Crippen LogP contribution in [-0.4, -0.2) is 50.3 Å². The standard InChI is InChI=1S/C13H21FN5O6P/c1-7(2)25-26(21,22)24-5-8(23-3)4-9(14)19-6-16-10-11(19)17-13(15)18-12(10)20/h6-9H,4-5H2,1-3H3,(H,21,22)(H3,15,17,18,20). The van der Waals surface area contributed by atoms with Crippen LogP contribution in [0, 0.1) is 0 Å². The van der Waals surface area contributed by atoms with Gasteiger partial charge in [-0.2, -0.15) is 4.98 Å². The van der Waals surface area contributed by atoms with Crippen LogP contribution in [0.25, 0.3) is 11.2 Å². The van der Waals surface area contributed by atoms with Crippen molar-refractivity contribution >= 4 is 24.9 Å². The second-order valence-electron chi connectivity index (χ2n) is 5.72. The third kappa shape index (κ3) is 5.08. The van der Waals surface area contributed by atoms with Gasteiger partial charge in [0.2, 0.25) is 5.95 Å². The van der Waals surface area contributed by atoms with Gasteiger partial charge in [-0.15, -0.1) is 0 Å². The largest absolute Gasteiger partial charge is 0.472 e. The Morgan fingerprint density at radius 3 is 2.81 bits per heavy atom. The Hall–Kier alpha value is -1.85. The van der Waals surface area contributed by atoms with E-state index in [2.05, 4.69) is 15.0 Å². The number of nitrogens with one attached hydrogen (secondary N) is 1. The van der Waals surface area contributed by atoms with Gasteiger partial charge in [-0.05, 0) is 13.8 Å². The highest BCUT2D eigenvalue weighted by Gasteiger charge is 2.27. The van der Waals surface area contributed by atoms with Crippen molar-refractivity contribution in [3.63, 3.8) is 0 Å². The zero-order chi connectivity index (χ0) is 19.5. The van der Waals surface area contributed by atoms with Gasteiger partial charge in [-0.25, -0.2) is 13.9 Å². The van der Waals surface area contributed by atoms with Crippen LogP contribution in [0.2, 0.25) is 0 Å². The number of fused-ring (bicyclic) bond motifs is 1. The molecule has 3 unspecified atom stereocenters. The molecule has 11 nitrogen and oxygen atoms in total. The van der Waals surface area contributed by atoms with Gasteiger partial charge in [0.25, 0.3) is 5.56 Å². The molecule has 0 fully saturated rings. The Morgan fingerprint density at radius 2 is 2.19 bits per heavy atom. The molecule has 0 spiro atoms. The molecule has 0 radical (unpaired) electrons. The number of alkyl halides is 1. The summed E-state index contributed by atoms with van der Waals surface area (Å²) in [7, 11) is -2.96. The molecule has 0 aromatic carbocycles. The van der Waals surface area contributed by atoms with E-state index in [-0.39, 0.29) is 30.1 Å². The average molecular weight is 393 g/mol. The van der Waals surface area contributed by atoms with Crippen LogP contribution >= 0.6 is 7.82 Å². The monoisotopic (exact) mass is 393 g/mol. The number of nitrogens with two attached hydrogens (primary N) is 1. The van der Waals surface area contributed by atoms with Crippen LogP contribution in [0.5, 0.6) is 0 Å².